The van der Waals surface area contributed by atoms with Gasteiger partial charge >= 0.3 is 0 Å². The highest BCUT2D eigenvalue weighted by Gasteiger charge is 2.12. The molecule has 1 N–H and O–H groups in total. The van der Waals surface area contributed by atoms with Gasteiger partial charge in [0.15, 0.2) is 0 Å². The molecule has 0 aliphatic heterocycles. The first-order chi connectivity index (χ1) is 13.8. The molecule has 0 aliphatic carbocycles. The summed E-state index contributed by atoms with van der Waals surface area (Å²) in [5.74, 6) is 0. The largest absolute Gasteiger partial charge is 0.327 e. The van der Waals surface area contributed by atoms with E-state index in [-0.39, 0.29) is 0 Å². The number of amides is 1. The Morgan fingerprint density at radius 3 is 1.82 bits per heavy atom. The third kappa shape index (κ3) is 2.55. The van der Waals surface area contributed by atoms with Crippen LogP contribution in [0.1, 0.15) is 0 Å². The second-order valence-corrected chi connectivity index (χ2v) is 7.30. The van der Waals surface area contributed by atoms with E-state index in [1.54, 1.807) is 0 Å². The number of hydrogen-bond acceptors (Lipinski definition) is 2. The highest BCUT2D eigenvalue weighted by molar-refractivity contribution is 7.80. The van der Waals surface area contributed by atoms with Crippen LogP contribution in [0.3, 0.4) is 0 Å². The van der Waals surface area contributed by atoms with E-state index in [1.165, 1.54) is 32.3 Å². The van der Waals surface area contributed by atoms with Crippen LogP contribution >= 0.6 is 12.6 Å². The smallest absolute Gasteiger partial charge is 0.211 e. The van der Waals surface area contributed by atoms with Crippen molar-refractivity contribution in [1.82, 2.24) is 0 Å². The quantitative estimate of drug-likeness (QED) is 0.205. The molecule has 0 unspecified atom stereocenters. The molecule has 1 amide bonds. The van der Waals surface area contributed by atoms with E-state index in [4.69, 9.17) is 0 Å². The molecule has 0 saturated carbocycles. The molecule has 5 aromatic carbocycles. The topological polar surface area (TPSA) is 29.1 Å². The lowest BCUT2D eigenvalue weighted by Crippen LogP contribution is -1.97. The standard InChI is InChI=1S/C25H17NOS/c27-15-26-25-17(10-5-11-24(25)28)16-12-13-22-20-8-2-1-6-18(20)19-7-3-4-9-21(19)23(22)14-16/h1-15,28H,(H,26,27). The summed E-state index contributed by atoms with van der Waals surface area (Å²) < 4.78 is 0. The maximum atomic E-state index is 11.1. The number of rotatable bonds is 3. The van der Waals surface area contributed by atoms with Crippen molar-refractivity contribution in [1.29, 1.82) is 0 Å². The van der Waals surface area contributed by atoms with Gasteiger partial charge < -0.3 is 5.32 Å². The van der Waals surface area contributed by atoms with E-state index in [0.29, 0.717) is 6.41 Å². The number of carbonyl (C=O) groups excluding carboxylic acids is 1. The van der Waals surface area contributed by atoms with E-state index in [9.17, 15) is 4.79 Å². The zero-order valence-corrected chi connectivity index (χ0v) is 15.9. The Morgan fingerprint density at radius 1 is 0.643 bits per heavy atom. The first kappa shape index (κ1) is 16.8. The molecule has 0 heterocycles. The van der Waals surface area contributed by atoms with Crippen molar-refractivity contribution in [3.63, 3.8) is 0 Å². The van der Waals surface area contributed by atoms with E-state index >= 15 is 0 Å². The van der Waals surface area contributed by atoms with Crippen LogP contribution in [-0.4, -0.2) is 6.41 Å². The minimum atomic E-state index is 0.697. The number of anilines is 1. The zero-order valence-electron chi connectivity index (χ0n) is 15.0. The number of thiol groups is 1. The molecular formula is C25H17NOS. The summed E-state index contributed by atoms with van der Waals surface area (Å²) in [6.45, 7) is 0. The van der Waals surface area contributed by atoms with Gasteiger partial charge in [0.1, 0.15) is 0 Å². The van der Waals surface area contributed by atoms with Crippen molar-refractivity contribution < 1.29 is 4.79 Å². The number of nitrogens with one attached hydrogen (secondary N) is 1. The third-order valence-corrected chi connectivity index (χ3v) is 5.67. The summed E-state index contributed by atoms with van der Waals surface area (Å²) in [5.41, 5.74) is 2.73. The van der Waals surface area contributed by atoms with Gasteiger partial charge in [0.25, 0.3) is 0 Å². The maximum Gasteiger partial charge on any atom is 0.211 e. The number of fused-ring (bicyclic) bond motifs is 6. The van der Waals surface area contributed by atoms with E-state index < -0.39 is 0 Å². The highest BCUT2D eigenvalue weighted by Crippen LogP contribution is 2.39. The summed E-state index contributed by atoms with van der Waals surface area (Å²) in [6, 6.07) is 29.4. The molecule has 0 aromatic heterocycles. The van der Waals surface area contributed by atoms with Gasteiger partial charge in [-0.3, -0.25) is 4.79 Å². The van der Waals surface area contributed by atoms with Crippen LogP contribution in [0.5, 0.6) is 0 Å². The maximum absolute atomic E-state index is 11.1. The Morgan fingerprint density at radius 2 is 1.21 bits per heavy atom. The van der Waals surface area contributed by atoms with Crippen molar-refractivity contribution in [2.75, 3.05) is 5.32 Å². The van der Waals surface area contributed by atoms with Crippen LogP contribution in [0.4, 0.5) is 5.69 Å². The first-order valence-corrected chi connectivity index (χ1v) is 9.58. The number of hydrogen-bond donors (Lipinski definition) is 2. The van der Waals surface area contributed by atoms with Crippen LogP contribution < -0.4 is 5.32 Å². The van der Waals surface area contributed by atoms with Gasteiger partial charge in [-0.25, -0.2) is 0 Å². The lowest BCUT2D eigenvalue weighted by Gasteiger charge is -2.14. The summed E-state index contributed by atoms with van der Waals surface area (Å²) in [5, 5.41) is 10.2. The van der Waals surface area contributed by atoms with E-state index in [1.807, 2.05) is 18.2 Å². The van der Waals surface area contributed by atoms with Crippen LogP contribution in [-0.2, 0) is 4.79 Å². The normalized spacial score (nSPS) is 11.2. The lowest BCUT2D eigenvalue weighted by atomic mass is 9.92. The SMILES string of the molecule is O=CNc1c(S)cccc1-c1ccc2c3ccccc3c3ccccc3c2c1. The average molecular weight is 379 g/mol. The third-order valence-electron chi connectivity index (χ3n) is 5.30. The molecule has 0 bridgehead atoms. The first-order valence-electron chi connectivity index (χ1n) is 9.13. The lowest BCUT2D eigenvalue weighted by molar-refractivity contribution is -0.105. The molecule has 0 aliphatic rings. The van der Waals surface area contributed by atoms with Gasteiger partial charge in [-0.2, -0.15) is 0 Å². The molecule has 0 fully saturated rings. The van der Waals surface area contributed by atoms with E-state index in [2.05, 4.69) is 84.7 Å². The van der Waals surface area contributed by atoms with Gasteiger partial charge in [-0.05, 0) is 50.0 Å². The Balaban J connectivity index is 1.89. The van der Waals surface area contributed by atoms with Gasteiger partial charge in [-0.15, -0.1) is 12.6 Å². The Hall–Kier alpha value is -3.30. The van der Waals surface area contributed by atoms with Crippen molar-refractivity contribution in [2.24, 2.45) is 0 Å². The van der Waals surface area contributed by atoms with Gasteiger partial charge in [0.05, 0.1) is 5.69 Å². The molecule has 2 nitrogen and oxygen atoms in total. The molecular weight excluding hydrogens is 362 g/mol. The minimum Gasteiger partial charge on any atom is -0.327 e. The van der Waals surface area contributed by atoms with Crippen molar-refractivity contribution in [2.45, 2.75) is 4.90 Å². The van der Waals surface area contributed by atoms with Crippen LogP contribution in [0, 0.1) is 0 Å². The van der Waals surface area contributed by atoms with Crippen LogP contribution in [0.25, 0.3) is 43.4 Å². The van der Waals surface area contributed by atoms with Gasteiger partial charge in [-0.1, -0.05) is 72.8 Å². The van der Waals surface area contributed by atoms with Crippen LogP contribution in [0.15, 0.2) is 89.8 Å². The van der Waals surface area contributed by atoms with Gasteiger partial charge in [0.2, 0.25) is 6.41 Å². The molecule has 0 atom stereocenters. The Bertz CT molecular complexity index is 1340. The number of carbonyl (C=O) groups is 1. The van der Waals surface area contributed by atoms with Gasteiger partial charge in [0, 0.05) is 10.5 Å². The summed E-state index contributed by atoms with van der Waals surface area (Å²) in [7, 11) is 0. The molecule has 0 radical (unpaired) electrons. The van der Waals surface area contributed by atoms with E-state index in [0.717, 1.165) is 21.7 Å². The second kappa shape index (κ2) is 6.70. The monoisotopic (exact) mass is 379 g/mol. The van der Waals surface area contributed by atoms with Crippen molar-refractivity contribution >= 4 is 57.0 Å². The predicted octanol–water partition coefficient (Wildman–Crippen LogP) is 6.67. The molecule has 5 aromatic rings. The molecule has 134 valence electrons. The summed E-state index contributed by atoms with van der Waals surface area (Å²) in [6.07, 6.45) is 0.697. The number of benzene rings is 5. The van der Waals surface area contributed by atoms with Crippen molar-refractivity contribution in [3.8, 4) is 11.1 Å². The molecule has 0 saturated heterocycles. The Labute approximate surface area is 168 Å². The highest BCUT2D eigenvalue weighted by atomic mass is 32.1. The second-order valence-electron chi connectivity index (χ2n) is 6.81. The molecule has 3 heteroatoms. The van der Waals surface area contributed by atoms with Crippen LogP contribution in [0.2, 0.25) is 0 Å². The fraction of sp³-hybridized carbons (Fsp3) is 0. The summed E-state index contributed by atoms with van der Waals surface area (Å²) in [4.78, 5) is 11.8. The minimum absolute atomic E-state index is 0.697. The molecule has 0 spiro atoms. The Kier molecular flexibility index (Phi) is 4.03. The number of para-hydroxylation sites is 1. The fourth-order valence-electron chi connectivity index (χ4n) is 4.07. The zero-order chi connectivity index (χ0) is 19.1. The average Bonchev–Trinajstić information content (AvgIpc) is 2.75. The molecule has 5 rings (SSSR count). The predicted molar refractivity (Wildman–Crippen MR) is 121 cm³/mol. The van der Waals surface area contributed by atoms with Crippen molar-refractivity contribution in [3.05, 3.63) is 84.9 Å². The summed E-state index contributed by atoms with van der Waals surface area (Å²) >= 11 is 4.51. The fourth-order valence-corrected chi connectivity index (χ4v) is 4.34. The molecule has 28 heavy (non-hydrogen) atoms.